The number of halogens is 4. The number of carboxylic acids is 1. The van der Waals surface area contributed by atoms with E-state index in [1.807, 2.05) is 0 Å². The van der Waals surface area contributed by atoms with Crippen molar-refractivity contribution < 1.29 is 23.1 Å². The second kappa shape index (κ2) is 7.73. The van der Waals surface area contributed by atoms with Gasteiger partial charge in [-0.05, 0) is 30.3 Å². The summed E-state index contributed by atoms with van der Waals surface area (Å²) in [6.45, 7) is 0.368. The minimum Gasteiger partial charge on any atom is -0.481 e. The van der Waals surface area contributed by atoms with Crippen LogP contribution in [0.5, 0.6) is 0 Å². The third-order valence-corrected chi connectivity index (χ3v) is 5.02. The molecule has 0 radical (unpaired) electrons. The predicted octanol–water partition coefficient (Wildman–Crippen LogP) is 4.51. The third-order valence-electron chi connectivity index (χ3n) is 3.61. The molecule has 142 valence electrons. The van der Waals surface area contributed by atoms with Crippen molar-refractivity contribution in [1.82, 2.24) is 19.5 Å². The minimum atomic E-state index is -4.53. The summed E-state index contributed by atoms with van der Waals surface area (Å²) in [5.41, 5.74) is 0.385. The summed E-state index contributed by atoms with van der Waals surface area (Å²) in [4.78, 5) is 23.0. The lowest BCUT2D eigenvalue weighted by Crippen LogP contribution is -2.06. The van der Waals surface area contributed by atoms with Gasteiger partial charge in [0.05, 0.1) is 22.3 Å². The van der Waals surface area contributed by atoms with Crippen LogP contribution in [0.3, 0.4) is 0 Å². The van der Waals surface area contributed by atoms with Gasteiger partial charge in [-0.2, -0.15) is 13.2 Å². The number of fused-ring (bicyclic) bond motifs is 1. The fourth-order valence-corrected chi connectivity index (χ4v) is 3.54. The largest absolute Gasteiger partial charge is 0.481 e. The lowest BCUT2D eigenvalue weighted by molar-refractivity contribution is -0.138. The lowest BCUT2D eigenvalue weighted by Gasteiger charge is -2.10. The van der Waals surface area contributed by atoms with Crippen molar-refractivity contribution in [3.8, 4) is 0 Å². The van der Waals surface area contributed by atoms with Gasteiger partial charge in [0.2, 0.25) is 0 Å². The Morgan fingerprint density at radius 2 is 2.11 bits per heavy atom. The van der Waals surface area contributed by atoms with Crippen LogP contribution in [-0.2, 0) is 17.5 Å². The maximum Gasteiger partial charge on any atom is 0.417 e. The molecule has 0 saturated carbocycles. The molecule has 1 N–H and O–H groups in total. The first-order valence-electron chi connectivity index (χ1n) is 7.68. The molecule has 3 aromatic rings. The number of pyridine rings is 2. The Bertz CT molecular complexity index is 993. The van der Waals surface area contributed by atoms with Crippen molar-refractivity contribution in [2.24, 2.45) is 0 Å². The fraction of sp³-hybridized carbons (Fsp3) is 0.250. The van der Waals surface area contributed by atoms with Crippen LogP contribution in [-0.4, -0.2) is 30.6 Å². The van der Waals surface area contributed by atoms with Gasteiger partial charge in [-0.3, -0.25) is 9.78 Å². The molecule has 0 amide bonds. The average Bonchev–Trinajstić information content (AvgIpc) is 2.93. The number of hydrogen-bond acceptors (Lipinski definition) is 5. The molecule has 0 aromatic carbocycles. The predicted molar refractivity (Wildman–Crippen MR) is 92.8 cm³/mol. The van der Waals surface area contributed by atoms with Crippen molar-refractivity contribution >= 4 is 40.4 Å². The van der Waals surface area contributed by atoms with E-state index in [4.69, 9.17) is 16.7 Å². The number of aromatic nitrogens is 4. The van der Waals surface area contributed by atoms with E-state index in [1.54, 1.807) is 23.0 Å². The van der Waals surface area contributed by atoms with E-state index < -0.39 is 17.7 Å². The monoisotopic (exact) mass is 416 g/mol. The van der Waals surface area contributed by atoms with Crippen LogP contribution < -0.4 is 0 Å². The van der Waals surface area contributed by atoms with E-state index in [2.05, 4.69) is 15.0 Å². The number of carboxylic acid groups (broad SMARTS) is 1. The topological polar surface area (TPSA) is 80.9 Å². The molecule has 6 nitrogen and oxygen atoms in total. The number of nitrogens with zero attached hydrogens (tertiary/aromatic N) is 4. The quantitative estimate of drug-likeness (QED) is 0.636. The van der Waals surface area contributed by atoms with Gasteiger partial charge in [0.1, 0.15) is 10.5 Å². The number of rotatable bonds is 6. The molecule has 0 bridgehead atoms. The van der Waals surface area contributed by atoms with Gasteiger partial charge in [0.15, 0.2) is 5.16 Å². The Labute approximate surface area is 160 Å². The summed E-state index contributed by atoms with van der Waals surface area (Å²) in [7, 11) is 0. The van der Waals surface area contributed by atoms with E-state index >= 15 is 0 Å². The third kappa shape index (κ3) is 4.51. The highest BCUT2D eigenvalue weighted by Gasteiger charge is 2.31. The Morgan fingerprint density at radius 1 is 1.33 bits per heavy atom. The van der Waals surface area contributed by atoms with E-state index in [0.717, 1.165) is 23.3 Å². The highest BCUT2D eigenvalue weighted by Crippen LogP contribution is 2.37. The highest BCUT2D eigenvalue weighted by atomic mass is 35.5. The van der Waals surface area contributed by atoms with Crippen LogP contribution in [0, 0.1) is 0 Å². The van der Waals surface area contributed by atoms with E-state index in [9.17, 15) is 18.0 Å². The summed E-state index contributed by atoms with van der Waals surface area (Å²) in [5, 5.41) is 9.30. The highest BCUT2D eigenvalue weighted by molar-refractivity contribution is 7.99. The zero-order valence-corrected chi connectivity index (χ0v) is 15.1. The number of hydrogen-bond donors (Lipinski definition) is 1. The minimum absolute atomic E-state index is 0.0197. The van der Waals surface area contributed by atoms with Crippen LogP contribution >= 0.6 is 23.4 Å². The van der Waals surface area contributed by atoms with Crippen molar-refractivity contribution in [3.05, 3.63) is 41.3 Å². The molecule has 0 saturated heterocycles. The molecule has 0 fully saturated rings. The second-order valence-electron chi connectivity index (χ2n) is 5.52. The molecular formula is C16H12ClF3N4O2S. The number of aliphatic carboxylic acids is 1. The molecule has 0 spiro atoms. The van der Waals surface area contributed by atoms with Gasteiger partial charge in [0.25, 0.3) is 0 Å². The van der Waals surface area contributed by atoms with Gasteiger partial charge in [0, 0.05) is 25.4 Å². The number of aryl methyl sites for hydroxylation is 1. The second-order valence-corrected chi connectivity index (χ2v) is 6.88. The smallest absolute Gasteiger partial charge is 0.417 e. The first-order valence-corrected chi connectivity index (χ1v) is 8.88. The summed E-state index contributed by atoms with van der Waals surface area (Å²) < 4.78 is 40.1. The molecule has 0 aliphatic heterocycles. The Morgan fingerprint density at radius 3 is 2.78 bits per heavy atom. The van der Waals surface area contributed by atoms with Gasteiger partial charge < -0.3 is 9.67 Å². The molecule has 0 aliphatic rings. The molecule has 3 aromatic heterocycles. The number of imidazole rings is 1. The first-order chi connectivity index (χ1) is 12.8. The fourth-order valence-electron chi connectivity index (χ4n) is 2.38. The molecule has 3 rings (SSSR count). The van der Waals surface area contributed by atoms with Crippen LogP contribution in [0.25, 0.3) is 11.0 Å². The first kappa shape index (κ1) is 19.4. The van der Waals surface area contributed by atoms with Crippen LogP contribution in [0.1, 0.15) is 18.4 Å². The van der Waals surface area contributed by atoms with Gasteiger partial charge in [-0.15, -0.1) is 0 Å². The molecular weight excluding hydrogens is 405 g/mol. The van der Waals surface area contributed by atoms with Crippen molar-refractivity contribution in [1.29, 1.82) is 0 Å². The maximum absolute atomic E-state index is 12.8. The molecule has 0 aliphatic carbocycles. The summed E-state index contributed by atoms with van der Waals surface area (Å²) >= 11 is 6.98. The van der Waals surface area contributed by atoms with Crippen molar-refractivity contribution in [2.75, 3.05) is 0 Å². The number of carbonyl (C=O) groups is 1. The van der Waals surface area contributed by atoms with Crippen LogP contribution in [0.2, 0.25) is 5.02 Å². The van der Waals surface area contributed by atoms with Crippen molar-refractivity contribution in [2.45, 2.75) is 35.7 Å². The Balaban J connectivity index is 1.93. The Hall–Kier alpha value is -2.33. The van der Waals surface area contributed by atoms with Crippen LogP contribution in [0.15, 0.2) is 40.9 Å². The lowest BCUT2D eigenvalue weighted by atomic mass is 10.3. The van der Waals surface area contributed by atoms with E-state index in [-0.39, 0.29) is 16.5 Å². The normalized spacial score (nSPS) is 11.9. The summed E-state index contributed by atoms with van der Waals surface area (Å²) in [6, 6.07) is 2.55. The Kier molecular flexibility index (Phi) is 5.56. The standard InChI is InChI=1S/C16H12ClF3N4O2S/c17-10-6-9(16(18,19)20)7-22-14(10)27-15-23-11-8-21-4-3-12(11)24(15)5-1-2-13(25)26/h3-4,6-8H,1-2,5H2,(H,25,26). The molecule has 11 heteroatoms. The van der Waals surface area contributed by atoms with Crippen molar-refractivity contribution in [3.63, 3.8) is 0 Å². The van der Waals surface area contributed by atoms with Gasteiger partial charge in [-0.25, -0.2) is 9.97 Å². The molecule has 27 heavy (non-hydrogen) atoms. The SMILES string of the molecule is O=C(O)CCCn1c(Sc2ncc(C(F)(F)F)cc2Cl)nc2cnccc21. The molecule has 0 atom stereocenters. The zero-order chi connectivity index (χ0) is 19.6. The zero-order valence-electron chi connectivity index (χ0n) is 13.6. The van der Waals surface area contributed by atoms with E-state index in [0.29, 0.717) is 29.8 Å². The molecule has 0 unspecified atom stereocenters. The number of alkyl halides is 3. The van der Waals surface area contributed by atoms with Crippen LogP contribution in [0.4, 0.5) is 13.2 Å². The summed E-state index contributed by atoms with van der Waals surface area (Å²) in [5.74, 6) is -0.914. The van der Waals surface area contributed by atoms with Gasteiger partial charge >= 0.3 is 12.1 Å². The average molecular weight is 417 g/mol. The maximum atomic E-state index is 12.8. The van der Waals surface area contributed by atoms with E-state index in [1.165, 1.54) is 0 Å². The molecule has 3 heterocycles. The van der Waals surface area contributed by atoms with Gasteiger partial charge in [-0.1, -0.05) is 11.6 Å². The summed E-state index contributed by atoms with van der Waals surface area (Å²) in [6.07, 6.45) is -0.341.